The summed E-state index contributed by atoms with van der Waals surface area (Å²) in [6.45, 7) is 0. The Labute approximate surface area is 96.1 Å². The topological polar surface area (TPSA) is 70.8 Å². The van der Waals surface area contributed by atoms with E-state index >= 15 is 0 Å². The fourth-order valence-electron chi connectivity index (χ4n) is 1.29. The van der Waals surface area contributed by atoms with Crippen molar-refractivity contribution in [1.29, 1.82) is 0 Å². The highest BCUT2D eigenvalue weighted by Crippen LogP contribution is 2.17. The van der Waals surface area contributed by atoms with E-state index in [0.717, 1.165) is 5.75 Å². The molecular formula is C10H9N3O2S. The summed E-state index contributed by atoms with van der Waals surface area (Å²) in [6, 6.07) is 7.04. The van der Waals surface area contributed by atoms with Crippen LogP contribution >= 0.6 is 12.2 Å². The Morgan fingerprint density at radius 2 is 2.00 bits per heavy atom. The molecule has 82 valence electrons. The van der Waals surface area contributed by atoms with E-state index in [1.54, 1.807) is 31.4 Å². The van der Waals surface area contributed by atoms with Gasteiger partial charge in [0, 0.05) is 5.56 Å². The van der Waals surface area contributed by atoms with E-state index < -0.39 is 0 Å². The maximum Gasteiger partial charge on any atom is 0.278 e. The van der Waals surface area contributed by atoms with Gasteiger partial charge in [-0.25, -0.2) is 0 Å². The van der Waals surface area contributed by atoms with Gasteiger partial charge in [-0.2, -0.15) is 5.10 Å². The van der Waals surface area contributed by atoms with Gasteiger partial charge in [0.1, 0.15) is 5.75 Å². The zero-order valence-corrected chi connectivity index (χ0v) is 9.30. The van der Waals surface area contributed by atoms with Crippen LogP contribution in [0, 0.1) is 4.77 Å². The van der Waals surface area contributed by atoms with Gasteiger partial charge in [-0.1, -0.05) is 0 Å². The predicted octanol–water partition coefficient (Wildman–Crippen LogP) is 1.50. The lowest BCUT2D eigenvalue weighted by atomic mass is 10.1. The SMILES string of the molecule is COc1ccc(-c2n[nH]c(=S)[nH]c2=O)cc1. The smallest absolute Gasteiger partial charge is 0.278 e. The van der Waals surface area contributed by atoms with Crippen LogP contribution in [-0.2, 0) is 0 Å². The second-order valence-corrected chi connectivity index (χ2v) is 3.49. The number of H-pyrrole nitrogens is 2. The first kappa shape index (κ1) is 10.6. The Hall–Kier alpha value is -1.95. The first-order chi connectivity index (χ1) is 7.70. The van der Waals surface area contributed by atoms with Gasteiger partial charge >= 0.3 is 0 Å². The molecule has 0 saturated carbocycles. The molecule has 0 spiro atoms. The van der Waals surface area contributed by atoms with Crippen LogP contribution in [0.25, 0.3) is 11.3 Å². The van der Waals surface area contributed by atoms with Crippen molar-refractivity contribution >= 4 is 12.2 Å². The Balaban J connectivity index is 2.50. The minimum absolute atomic E-state index is 0.210. The van der Waals surface area contributed by atoms with Crippen molar-refractivity contribution in [2.45, 2.75) is 0 Å². The van der Waals surface area contributed by atoms with E-state index in [-0.39, 0.29) is 10.3 Å². The van der Waals surface area contributed by atoms with Gasteiger partial charge in [-0.05, 0) is 36.5 Å². The second-order valence-electron chi connectivity index (χ2n) is 3.08. The van der Waals surface area contributed by atoms with Gasteiger partial charge in [-0.15, -0.1) is 0 Å². The monoisotopic (exact) mass is 235 g/mol. The summed E-state index contributed by atoms with van der Waals surface area (Å²) in [5.41, 5.74) is 0.693. The van der Waals surface area contributed by atoms with Gasteiger partial charge in [-0.3, -0.25) is 14.9 Å². The summed E-state index contributed by atoms with van der Waals surface area (Å²) in [7, 11) is 1.58. The third-order valence-electron chi connectivity index (χ3n) is 2.07. The van der Waals surface area contributed by atoms with Crippen LogP contribution in [0.1, 0.15) is 0 Å². The summed E-state index contributed by atoms with van der Waals surface area (Å²) in [4.78, 5) is 14.0. The van der Waals surface area contributed by atoms with E-state index in [1.807, 2.05) is 0 Å². The maximum absolute atomic E-state index is 11.6. The minimum atomic E-state index is -0.311. The van der Waals surface area contributed by atoms with Crippen LogP contribution < -0.4 is 10.3 Å². The molecule has 2 aromatic rings. The van der Waals surface area contributed by atoms with Gasteiger partial charge in [0.25, 0.3) is 5.56 Å². The number of benzene rings is 1. The van der Waals surface area contributed by atoms with E-state index in [4.69, 9.17) is 17.0 Å². The number of methoxy groups -OCH3 is 1. The number of ether oxygens (including phenoxy) is 1. The highest BCUT2D eigenvalue weighted by atomic mass is 32.1. The quantitative estimate of drug-likeness (QED) is 0.774. The number of hydrogen-bond donors (Lipinski definition) is 2. The molecule has 16 heavy (non-hydrogen) atoms. The Morgan fingerprint density at radius 3 is 2.56 bits per heavy atom. The van der Waals surface area contributed by atoms with Gasteiger partial charge < -0.3 is 4.74 Å². The lowest BCUT2D eigenvalue weighted by Gasteiger charge is -2.01. The number of nitrogens with zero attached hydrogens (tertiary/aromatic N) is 1. The van der Waals surface area contributed by atoms with Crippen LogP contribution in [0.15, 0.2) is 29.1 Å². The number of rotatable bonds is 2. The first-order valence-corrected chi connectivity index (χ1v) is 4.95. The molecule has 0 aliphatic carbocycles. The molecule has 0 bridgehead atoms. The number of aromatic amines is 2. The predicted molar refractivity (Wildman–Crippen MR) is 62.0 cm³/mol. The molecule has 0 fully saturated rings. The molecule has 1 heterocycles. The Kier molecular flexibility index (Phi) is 2.82. The molecule has 1 aromatic carbocycles. The summed E-state index contributed by atoms with van der Waals surface area (Å²) < 4.78 is 5.23. The van der Waals surface area contributed by atoms with Gasteiger partial charge in [0.2, 0.25) is 0 Å². The van der Waals surface area contributed by atoms with Crippen molar-refractivity contribution in [3.63, 3.8) is 0 Å². The van der Waals surface area contributed by atoms with Crippen LogP contribution in [0.2, 0.25) is 0 Å². The van der Waals surface area contributed by atoms with Crippen LogP contribution in [0.3, 0.4) is 0 Å². The standard InChI is InChI=1S/C10H9N3O2S/c1-15-7-4-2-6(3-5-7)8-9(14)11-10(16)13-12-8/h2-5H,1H3,(H2,11,13,14,16). The fourth-order valence-corrected chi connectivity index (χ4v) is 1.43. The average Bonchev–Trinajstić information content (AvgIpc) is 2.29. The van der Waals surface area contributed by atoms with E-state index in [2.05, 4.69) is 15.2 Å². The van der Waals surface area contributed by atoms with Gasteiger partial charge in [0.15, 0.2) is 10.5 Å². The molecule has 0 atom stereocenters. The summed E-state index contributed by atoms with van der Waals surface area (Å²) in [5, 5.41) is 6.44. The zero-order valence-electron chi connectivity index (χ0n) is 8.48. The number of hydrogen-bond acceptors (Lipinski definition) is 4. The lowest BCUT2D eigenvalue weighted by molar-refractivity contribution is 0.415. The summed E-state index contributed by atoms with van der Waals surface area (Å²) in [6.07, 6.45) is 0. The van der Waals surface area contributed by atoms with Crippen molar-refractivity contribution in [1.82, 2.24) is 15.2 Å². The normalized spacial score (nSPS) is 10.1. The second kappa shape index (κ2) is 4.28. The molecule has 0 radical (unpaired) electrons. The summed E-state index contributed by atoms with van der Waals surface area (Å²) >= 11 is 4.76. The molecule has 5 nitrogen and oxygen atoms in total. The maximum atomic E-state index is 11.6. The van der Waals surface area contributed by atoms with E-state index in [9.17, 15) is 4.79 Å². The molecule has 2 N–H and O–H groups in total. The highest BCUT2D eigenvalue weighted by Gasteiger charge is 2.04. The summed E-state index contributed by atoms with van der Waals surface area (Å²) in [5.74, 6) is 0.726. The van der Waals surface area contributed by atoms with E-state index in [1.165, 1.54) is 0 Å². The molecular weight excluding hydrogens is 226 g/mol. The third-order valence-corrected chi connectivity index (χ3v) is 2.27. The molecule has 6 heteroatoms. The van der Waals surface area contributed by atoms with Gasteiger partial charge in [0.05, 0.1) is 7.11 Å². The number of aromatic nitrogens is 3. The van der Waals surface area contributed by atoms with Crippen molar-refractivity contribution in [2.75, 3.05) is 7.11 Å². The lowest BCUT2D eigenvalue weighted by Crippen LogP contribution is -2.12. The van der Waals surface area contributed by atoms with Crippen molar-refractivity contribution < 1.29 is 4.74 Å². The van der Waals surface area contributed by atoms with Crippen LogP contribution in [-0.4, -0.2) is 22.3 Å². The Bertz CT molecular complexity index is 600. The highest BCUT2D eigenvalue weighted by molar-refractivity contribution is 7.71. The van der Waals surface area contributed by atoms with Crippen molar-refractivity contribution in [3.05, 3.63) is 39.4 Å². The van der Waals surface area contributed by atoms with Crippen molar-refractivity contribution in [3.8, 4) is 17.0 Å². The van der Waals surface area contributed by atoms with Crippen LogP contribution in [0.5, 0.6) is 5.75 Å². The fraction of sp³-hybridized carbons (Fsp3) is 0.100. The minimum Gasteiger partial charge on any atom is -0.497 e. The zero-order chi connectivity index (χ0) is 11.5. The average molecular weight is 235 g/mol. The number of nitrogens with one attached hydrogen (secondary N) is 2. The molecule has 0 aliphatic heterocycles. The molecule has 0 saturated heterocycles. The molecule has 0 unspecified atom stereocenters. The molecule has 2 rings (SSSR count). The largest absolute Gasteiger partial charge is 0.497 e. The van der Waals surface area contributed by atoms with Crippen molar-refractivity contribution in [2.24, 2.45) is 0 Å². The Morgan fingerprint density at radius 1 is 1.31 bits per heavy atom. The van der Waals surface area contributed by atoms with E-state index in [0.29, 0.717) is 11.3 Å². The molecule has 1 aromatic heterocycles. The third kappa shape index (κ3) is 2.01. The van der Waals surface area contributed by atoms with Crippen LogP contribution in [0.4, 0.5) is 0 Å². The molecule has 0 aliphatic rings. The molecule has 0 amide bonds. The first-order valence-electron chi connectivity index (χ1n) is 4.54.